The van der Waals surface area contributed by atoms with E-state index in [2.05, 4.69) is 10.6 Å². The summed E-state index contributed by atoms with van der Waals surface area (Å²) in [6.45, 7) is 6.13. The van der Waals surface area contributed by atoms with E-state index in [-0.39, 0.29) is 24.3 Å². The summed E-state index contributed by atoms with van der Waals surface area (Å²) in [6.07, 6.45) is 0.530. The van der Waals surface area contributed by atoms with E-state index in [1.54, 1.807) is 0 Å². The molecule has 0 aromatic carbocycles. The maximum absolute atomic E-state index is 11.8. The Balaban J connectivity index is 4.26. The average molecular weight is 245 g/mol. The summed E-state index contributed by atoms with van der Waals surface area (Å²) < 4.78 is 0. The number of rotatable bonds is 7. The molecule has 0 spiro atoms. The van der Waals surface area contributed by atoms with Crippen molar-refractivity contribution in [2.24, 2.45) is 17.6 Å². The number of aliphatic hydroxyl groups excluding tert-OH is 1. The van der Waals surface area contributed by atoms with E-state index in [0.717, 1.165) is 0 Å². The number of nitrogens with one attached hydrogen (secondary N) is 2. The van der Waals surface area contributed by atoms with Gasteiger partial charge in [0.15, 0.2) is 0 Å². The van der Waals surface area contributed by atoms with Crippen molar-refractivity contribution in [2.45, 2.75) is 33.2 Å². The Hall–Kier alpha value is -1.30. The van der Waals surface area contributed by atoms with Crippen LogP contribution in [0.25, 0.3) is 0 Å². The Bertz CT molecular complexity index is 256. The lowest BCUT2D eigenvalue weighted by Gasteiger charge is -2.20. The van der Waals surface area contributed by atoms with Gasteiger partial charge in [0, 0.05) is 13.2 Å². The lowest BCUT2D eigenvalue weighted by atomic mass is 10.0. The van der Waals surface area contributed by atoms with Crippen molar-refractivity contribution < 1.29 is 14.7 Å². The third-order valence-corrected chi connectivity index (χ3v) is 2.28. The minimum atomic E-state index is -0.707. The van der Waals surface area contributed by atoms with Gasteiger partial charge >= 0.3 is 6.03 Å². The Morgan fingerprint density at radius 2 is 1.88 bits per heavy atom. The molecule has 100 valence electrons. The lowest BCUT2D eigenvalue weighted by molar-refractivity contribution is -0.123. The predicted octanol–water partition coefficient (Wildman–Crippen LogP) is -0.186. The van der Waals surface area contributed by atoms with Crippen molar-refractivity contribution in [3.05, 3.63) is 0 Å². The number of carbonyl (C=O) groups excluding carboxylic acids is 2. The molecule has 0 aliphatic heterocycles. The number of amides is 3. The van der Waals surface area contributed by atoms with E-state index in [4.69, 9.17) is 10.8 Å². The molecule has 0 saturated heterocycles. The van der Waals surface area contributed by atoms with Crippen molar-refractivity contribution >= 4 is 11.9 Å². The van der Waals surface area contributed by atoms with Crippen molar-refractivity contribution in [3.63, 3.8) is 0 Å². The monoisotopic (exact) mass is 245 g/mol. The lowest BCUT2D eigenvalue weighted by Crippen LogP contribution is -2.50. The number of nitrogens with two attached hydrogens (primary N) is 1. The number of primary amides is 1. The zero-order chi connectivity index (χ0) is 13.4. The van der Waals surface area contributed by atoms with Crippen LogP contribution < -0.4 is 16.4 Å². The molecule has 0 radical (unpaired) electrons. The minimum absolute atomic E-state index is 0.00720. The Morgan fingerprint density at radius 3 is 2.29 bits per heavy atom. The molecule has 6 heteroatoms. The molecular weight excluding hydrogens is 222 g/mol. The molecule has 0 aliphatic carbocycles. The summed E-state index contributed by atoms with van der Waals surface area (Å²) in [5, 5.41) is 13.9. The van der Waals surface area contributed by atoms with E-state index in [9.17, 15) is 9.59 Å². The number of urea groups is 1. The molecule has 3 amide bonds. The van der Waals surface area contributed by atoms with Gasteiger partial charge in [-0.25, -0.2) is 4.79 Å². The first-order valence-corrected chi connectivity index (χ1v) is 5.81. The molecule has 0 saturated carbocycles. The summed E-state index contributed by atoms with van der Waals surface area (Å²) >= 11 is 0. The van der Waals surface area contributed by atoms with Gasteiger partial charge < -0.3 is 21.5 Å². The second kappa shape index (κ2) is 7.89. The predicted molar refractivity (Wildman–Crippen MR) is 65.2 cm³/mol. The second-order valence-electron chi connectivity index (χ2n) is 4.72. The van der Waals surface area contributed by atoms with Crippen LogP contribution >= 0.6 is 0 Å². The number of hydrogen-bond acceptors (Lipinski definition) is 3. The normalized spacial score (nSPS) is 14.2. The molecule has 5 N–H and O–H groups in total. The van der Waals surface area contributed by atoms with Crippen LogP contribution in [0.5, 0.6) is 0 Å². The summed E-state index contributed by atoms with van der Waals surface area (Å²) in [7, 11) is 0. The third-order valence-electron chi connectivity index (χ3n) is 2.28. The van der Waals surface area contributed by atoms with Crippen LogP contribution in [0, 0.1) is 11.8 Å². The van der Waals surface area contributed by atoms with Crippen molar-refractivity contribution in [1.82, 2.24) is 10.6 Å². The van der Waals surface area contributed by atoms with Crippen LogP contribution in [0.2, 0.25) is 0 Å². The molecule has 0 fully saturated rings. The van der Waals surface area contributed by atoms with Gasteiger partial charge in [-0.1, -0.05) is 20.8 Å². The first kappa shape index (κ1) is 15.7. The molecule has 2 atom stereocenters. The molecule has 2 unspecified atom stereocenters. The molecule has 6 nitrogen and oxygen atoms in total. The van der Waals surface area contributed by atoms with Crippen LogP contribution in [-0.2, 0) is 4.79 Å². The summed E-state index contributed by atoms with van der Waals surface area (Å²) in [5.41, 5.74) is 5.02. The van der Waals surface area contributed by atoms with Crippen LogP contribution in [0.3, 0.4) is 0 Å². The molecule has 0 aromatic heterocycles. The highest BCUT2D eigenvalue weighted by Crippen LogP contribution is 2.05. The van der Waals surface area contributed by atoms with Gasteiger partial charge in [-0.2, -0.15) is 0 Å². The Morgan fingerprint density at radius 1 is 1.29 bits per heavy atom. The van der Waals surface area contributed by atoms with E-state index < -0.39 is 12.1 Å². The Labute approximate surface area is 102 Å². The van der Waals surface area contributed by atoms with Gasteiger partial charge in [0.2, 0.25) is 5.91 Å². The quantitative estimate of drug-likeness (QED) is 0.500. The largest absolute Gasteiger partial charge is 0.396 e. The first-order valence-electron chi connectivity index (χ1n) is 5.81. The van der Waals surface area contributed by atoms with E-state index in [0.29, 0.717) is 13.0 Å². The van der Waals surface area contributed by atoms with Gasteiger partial charge in [0.05, 0.1) is 0 Å². The standard InChI is InChI=1S/C11H23N3O3/c1-7(2)4-9(14-11(12)17)10(16)13-5-8(3)6-15/h7-9,15H,4-6H2,1-3H3,(H,13,16)(H3,12,14,17). The average Bonchev–Trinajstić information content (AvgIpc) is 2.23. The van der Waals surface area contributed by atoms with Crippen LogP contribution in [0.4, 0.5) is 4.79 Å². The van der Waals surface area contributed by atoms with Gasteiger partial charge in [-0.05, 0) is 18.3 Å². The third kappa shape index (κ3) is 7.57. The van der Waals surface area contributed by atoms with E-state index in [1.165, 1.54) is 0 Å². The molecular formula is C11H23N3O3. The number of hydrogen-bond donors (Lipinski definition) is 4. The molecule has 0 bridgehead atoms. The van der Waals surface area contributed by atoms with Crippen molar-refractivity contribution in [3.8, 4) is 0 Å². The SMILES string of the molecule is CC(C)CC(NC(N)=O)C(=O)NCC(C)CO. The highest BCUT2D eigenvalue weighted by molar-refractivity contribution is 5.86. The summed E-state index contributed by atoms with van der Waals surface area (Å²) in [4.78, 5) is 22.6. The Kier molecular flexibility index (Phi) is 7.29. The zero-order valence-electron chi connectivity index (χ0n) is 10.7. The fourth-order valence-electron chi connectivity index (χ4n) is 1.34. The van der Waals surface area contributed by atoms with Gasteiger partial charge in [-0.3, -0.25) is 4.79 Å². The molecule has 0 rings (SSSR count). The maximum atomic E-state index is 11.8. The fraction of sp³-hybridized carbons (Fsp3) is 0.818. The van der Waals surface area contributed by atoms with E-state index in [1.807, 2.05) is 20.8 Å². The van der Waals surface area contributed by atoms with Gasteiger partial charge in [0.25, 0.3) is 0 Å². The number of aliphatic hydroxyl groups is 1. The maximum Gasteiger partial charge on any atom is 0.312 e. The highest BCUT2D eigenvalue weighted by atomic mass is 16.3. The molecule has 17 heavy (non-hydrogen) atoms. The molecule has 0 heterocycles. The van der Waals surface area contributed by atoms with Gasteiger partial charge in [0.1, 0.15) is 6.04 Å². The smallest absolute Gasteiger partial charge is 0.312 e. The summed E-state index contributed by atoms with van der Waals surface area (Å²) in [5.74, 6) is -0.00195. The number of carbonyl (C=O) groups is 2. The first-order chi connectivity index (χ1) is 7.86. The topological polar surface area (TPSA) is 104 Å². The van der Waals surface area contributed by atoms with E-state index >= 15 is 0 Å². The van der Waals surface area contributed by atoms with Gasteiger partial charge in [-0.15, -0.1) is 0 Å². The van der Waals surface area contributed by atoms with Crippen molar-refractivity contribution in [2.75, 3.05) is 13.2 Å². The van der Waals surface area contributed by atoms with Crippen LogP contribution in [0.1, 0.15) is 27.2 Å². The van der Waals surface area contributed by atoms with Crippen molar-refractivity contribution in [1.29, 1.82) is 0 Å². The zero-order valence-corrected chi connectivity index (χ0v) is 10.7. The van der Waals surface area contributed by atoms with Crippen LogP contribution in [-0.4, -0.2) is 36.2 Å². The molecule has 0 aromatic rings. The second-order valence-corrected chi connectivity index (χ2v) is 4.72. The molecule has 0 aliphatic rings. The minimum Gasteiger partial charge on any atom is -0.396 e. The fourth-order valence-corrected chi connectivity index (χ4v) is 1.34. The van der Waals surface area contributed by atoms with Crippen LogP contribution in [0.15, 0.2) is 0 Å². The highest BCUT2D eigenvalue weighted by Gasteiger charge is 2.20. The summed E-state index contributed by atoms with van der Waals surface area (Å²) in [6, 6.07) is -1.32.